The first-order chi connectivity index (χ1) is 6.86. The van der Waals surface area contributed by atoms with E-state index < -0.39 is 17.5 Å². The van der Waals surface area contributed by atoms with Gasteiger partial charge in [0.25, 0.3) is 0 Å². The number of hydrogen-bond donors (Lipinski definition) is 2. The number of rotatable bonds is 3. The Hall–Kier alpha value is -1.13. The van der Waals surface area contributed by atoms with Gasteiger partial charge in [-0.05, 0) is 32.0 Å². The van der Waals surface area contributed by atoms with Crippen LogP contribution in [0.25, 0.3) is 0 Å². The standard InChI is InChI=1S/C11H15FO3/c1-11(2,14)10(13)8-6-7(12)4-5-9(8)15-3/h4-6,10,13-14H,1-3H3. The fourth-order valence-electron chi connectivity index (χ4n) is 1.30. The molecule has 0 aliphatic carbocycles. The fourth-order valence-corrected chi connectivity index (χ4v) is 1.30. The summed E-state index contributed by atoms with van der Waals surface area (Å²) in [7, 11) is 1.42. The van der Waals surface area contributed by atoms with Gasteiger partial charge in [-0.2, -0.15) is 0 Å². The van der Waals surface area contributed by atoms with Crippen LogP contribution < -0.4 is 4.74 Å². The van der Waals surface area contributed by atoms with Crippen molar-refractivity contribution in [2.75, 3.05) is 7.11 Å². The van der Waals surface area contributed by atoms with Crippen LogP contribution in [0.2, 0.25) is 0 Å². The van der Waals surface area contributed by atoms with E-state index in [1.807, 2.05) is 0 Å². The van der Waals surface area contributed by atoms with Crippen LogP contribution in [0.1, 0.15) is 25.5 Å². The molecular formula is C11H15FO3. The van der Waals surface area contributed by atoms with E-state index in [9.17, 15) is 14.6 Å². The molecule has 0 bridgehead atoms. The molecule has 0 heterocycles. The molecule has 1 atom stereocenters. The maximum absolute atomic E-state index is 13.0. The molecule has 0 amide bonds. The lowest BCUT2D eigenvalue weighted by Gasteiger charge is -2.26. The molecule has 1 unspecified atom stereocenters. The second-order valence-electron chi connectivity index (χ2n) is 3.94. The molecule has 2 N–H and O–H groups in total. The van der Waals surface area contributed by atoms with E-state index in [1.54, 1.807) is 0 Å². The van der Waals surface area contributed by atoms with Crippen LogP contribution in [0.3, 0.4) is 0 Å². The van der Waals surface area contributed by atoms with Crippen molar-refractivity contribution in [2.24, 2.45) is 0 Å². The highest BCUT2D eigenvalue weighted by Gasteiger charge is 2.28. The first kappa shape index (κ1) is 11.9. The van der Waals surface area contributed by atoms with Crippen LogP contribution in [0.4, 0.5) is 4.39 Å². The van der Waals surface area contributed by atoms with Gasteiger partial charge in [-0.1, -0.05) is 0 Å². The largest absolute Gasteiger partial charge is 0.496 e. The molecule has 84 valence electrons. The Kier molecular flexibility index (Phi) is 3.31. The number of ether oxygens (including phenoxy) is 1. The van der Waals surface area contributed by atoms with Crippen LogP contribution in [0, 0.1) is 5.82 Å². The number of benzene rings is 1. The van der Waals surface area contributed by atoms with Gasteiger partial charge in [-0.15, -0.1) is 0 Å². The number of methoxy groups -OCH3 is 1. The van der Waals surface area contributed by atoms with Gasteiger partial charge < -0.3 is 14.9 Å². The average molecular weight is 214 g/mol. The lowest BCUT2D eigenvalue weighted by Crippen LogP contribution is -2.29. The van der Waals surface area contributed by atoms with Crippen molar-refractivity contribution < 1.29 is 19.3 Å². The third-order valence-corrected chi connectivity index (χ3v) is 2.16. The molecule has 0 aliphatic rings. The Morgan fingerprint density at radius 2 is 2.00 bits per heavy atom. The molecule has 0 fully saturated rings. The Morgan fingerprint density at radius 3 is 2.47 bits per heavy atom. The van der Waals surface area contributed by atoms with Gasteiger partial charge in [0.1, 0.15) is 17.7 Å². The van der Waals surface area contributed by atoms with Gasteiger partial charge in [-0.3, -0.25) is 0 Å². The molecule has 0 saturated carbocycles. The second-order valence-corrected chi connectivity index (χ2v) is 3.94. The Bertz CT molecular complexity index is 344. The second kappa shape index (κ2) is 4.16. The molecule has 1 rings (SSSR count). The predicted octanol–water partition coefficient (Wildman–Crippen LogP) is 1.64. The highest BCUT2D eigenvalue weighted by atomic mass is 19.1. The molecule has 0 saturated heterocycles. The lowest BCUT2D eigenvalue weighted by molar-refractivity contribution is -0.0507. The van der Waals surface area contributed by atoms with Gasteiger partial charge in [0.05, 0.1) is 12.7 Å². The van der Waals surface area contributed by atoms with E-state index in [2.05, 4.69) is 0 Å². The van der Waals surface area contributed by atoms with Gasteiger partial charge in [-0.25, -0.2) is 4.39 Å². The summed E-state index contributed by atoms with van der Waals surface area (Å²) in [6, 6.07) is 3.81. The molecule has 1 aromatic rings. The smallest absolute Gasteiger partial charge is 0.124 e. The van der Waals surface area contributed by atoms with Gasteiger partial charge in [0, 0.05) is 5.56 Å². The molecule has 15 heavy (non-hydrogen) atoms. The van der Waals surface area contributed by atoms with E-state index in [1.165, 1.54) is 33.1 Å². The number of hydrogen-bond acceptors (Lipinski definition) is 3. The molecule has 0 radical (unpaired) electrons. The van der Waals surface area contributed by atoms with E-state index in [0.717, 1.165) is 6.07 Å². The summed E-state index contributed by atoms with van der Waals surface area (Å²) in [5.74, 6) is -0.125. The van der Waals surface area contributed by atoms with Crippen LogP contribution in [0.15, 0.2) is 18.2 Å². The monoisotopic (exact) mass is 214 g/mol. The maximum Gasteiger partial charge on any atom is 0.124 e. The quantitative estimate of drug-likeness (QED) is 0.804. The molecule has 0 aliphatic heterocycles. The fraction of sp³-hybridized carbons (Fsp3) is 0.455. The molecule has 0 spiro atoms. The lowest BCUT2D eigenvalue weighted by atomic mass is 9.94. The van der Waals surface area contributed by atoms with Crippen molar-refractivity contribution in [1.82, 2.24) is 0 Å². The van der Waals surface area contributed by atoms with Crippen molar-refractivity contribution >= 4 is 0 Å². The Balaban J connectivity index is 3.17. The molecular weight excluding hydrogens is 199 g/mol. The Labute approximate surface area is 88.1 Å². The number of aliphatic hydroxyl groups is 2. The zero-order valence-corrected chi connectivity index (χ0v) is 8.99. The van der Waals surface area contributed by atoms with E-state index in [4.69, 9.17) is 4.74 Å². The van der Waals surface area contributed by atoms with Crippen molar-refractivity contribution in [3.8, 4) is 5.75 Å². The maximum atomic E-state index is 13.0. The minimum atomic E-state index is -1.35. The zero-order chi connectivity index (χ0) is 11.6. The number of halogens is 1. The summed E-state index contributed by atoms with van der Waals surface area (Å²) < 4.78 is 18.0. The van der Waals surface area contributed by atoms with Crippen molar-refractivity contribution in [2.45, 2.75) is 25.6 Å². The van der Waals surface area contributed by atoms with E-state index in [0.29, 0.717) is 5.75 Å². The summed E-state index contributed by atoms with van der Waals surface area (Å²) in [4.78, 5) is 0. The van der Waals surface area contributed by atoms with Crippen molar-refractivity contribution in [3.05, 3.63) is 29.6 Å². The van der Waals surface area contributed by atoms with E-state index >= 15 is 0 Å². The molecule has 0 aromatic heterocycles. The van der Waals surface area contributed by atoms with Crippen molar-refractivity contribution in [3.63, 3.8) is 0 Å². The third kappa shape index (κ3) is 2.67. The molecule has 1 aromatic carbocycles. The minimum absolute atomic E-state index is 0.241. The van der Waals surface area contributed by atoms with Crippen LogP contribution in [-0.4, -0.2) is 22.9 Å². The first-order valence-electron chi connectivity index (χ1n) is 4.60. The normalized spacial score (nSPS) is 13.7. The highest BCUT2D eigenvalue weighted by Crippen LogP contribution is 2.32. The summed E-state index contributed by atoms with van der Waals surface area (Å²) in [6.45, 7) is 2.89. The van der Waals surface area contributed by atoms with Gasteiger partial charge >= 0.3 is 0 Å². The summed E-state index contributed by atoms with van der Waals surface area (Å²) in [5, 5.41) is 19.4. The zero-order valence-electron chi connectivity index (χ0n) is 8.99. The molecule has 4 heteroatoms. The highest BCUT2D eigenvalue weighted by molar-refractivity contribution is 5.36. The minimum Gasteiger partial charge on any atom is -0.496 e. The number of aliphatic hydroxyl groups excluding tert-OH is 1. The van der Waals surface area contributed by atoms with Crippen LogP contribution in [-0.2, 0) is 0 Å². The van der Waals surface area contributed by atoms with Gasteiger partial charge in [0.15, 0.2) is 0 Å². The summed E-state index contributed by atoms with van der Waals surface area (Å²) in [5.41, 5.74) is -1.11. The average Bonchev–Trinajstić information content (AvgIpc) is 2.15. The summed E-state index contributed by atoms with van der Waals surface area (Å²) in [6.07, 6.45) is -1.19. The predicted molar refractivity (Wildman–Crippen MR) is 54.2 cm³/mol. The SMILES string of the molecule is COc1ccc(F)cc1C(O)C(C)(C)O. The molecule has 3 nitrogen and oxygen atoms in total. The first-order valence-corrected chi connectivity index (χ1v) is 4.60. The van der Waals surface area contributed by atoms with Gasteiger partial charge in [0.2, 0.25) is 0 Å². The van der Waals surface area contributed by atoms with Crippen LogP contribution in [0.5, 0.6) is 5.75 Å². The third-order valence-electron chi connectivity index (χ3n) is 2.16. The van der Waals surface area contributed by atoms with E-state index in [-0.39, 0.29) is 5.56 Å². The summed E-state index contributed by atoms with van der Waals surface area (Å²) >= 11 is 0. The topological polar surface area (TPSA) is 49.7 Å². The Morgan fingerprint density at radius 1 is 1.40 bits per heavy atom. The van der Waals surface area contributed by atoms with Crippen molar-refractivity contribution in [1.29, 1.82) is 0 Å². The van der Waals surface area contributed by atoms with Crippen LogP contribution >= 0.6 is 0 Å².